The molecule has 2 atom stereocenters. The molecule has 29 heavy (non-hydrogen) atoms. The van der Waals surface area contributed by atoms with Crippen molar-refractivity contribution in [1.29, 1.82) is 0 Å². The minimum Gasteiger partial charge on any atom is -0.491 e. The second-order valence-corrected chi connectivity index (χ2v) is 7.37. The normalized spacial score (nSPS) is 19.4. The Kier molecular flexibility index (Phi) is 4.74. The maximum atomic E-state index is 14.3. The number of nitrogens with zero attached hydrogens (tertiary/aromatic N) is 3. The second kappa shape index (κ2) is 7.11. The van der Waals surface area contributed by atoms with Crippen LogP contribution in [0.1, 0.15) is 32.4 Å². The Morgan fingerprint density at radius 1 is 1.14 bits per heavy atom. The van der Waals surface area contributed by atoms with E-state index < -0.39 is 23.3 Å². The van der Waals surface area contributed by atoms with Crippen LogP contribution in [0.4, 0.5) is 8.78 Å². The van der Waals surface area contributed by atoms with E-state index in [-0.39, 0.29) is 24.0 Å². The highest BCUT2D eigenvalue weighted by molar-refractivity contribution is 5.37. The van der Waals surface area contributed by atoms with Crippen LogP contribution >= 0.6 is 0 Å². The molecule has 1 fully saturated rings. The molecule has 0 N–H and O–H groups in total. The highest BCUT2D eigenvalue weighted by Crippen LogP contribution is 2.48. The number of aromatic nitrogens is 3. The molecule has 6 nitrogen and oxygen atoms in total. The molecule has 0 bridgehead atoms. The molecule has 1 aliphatic heterocycles. The van der Waals surface area contributed by atoms with Crippen LogP contribution in [-0.4, -0.2) is 27.1 Å². The average molecular weight is 401 g/mol. The lowest BCUT2D eigenvalue weighted by Gasteiger charge is -2.20. The summed E-state index contributed by atoms with van der Waals surface area (Å²) in [5.41, 5.74) is -0.589. The molecule has 152 valence electrons. The number of epoxide rings is 1. The molecule has 0 amide bonds. The molecule has 0 unspecified atom stereocenters. The Balaban J connectivity index is 1.64. The summed E-state index contributed by atoms with van der Waals surface area (Å²) in [6, 6.07) is 9.84. The van der Waals surface area contributed by atoms with E-state index in [0.29, 0.717) is 11.4 Å². The maximum absolute atomic E-state index is 14.3. The van der Waals surface area contributed by atoms with E-state index in [1.807, 2.05) is 13.8 Å². The lowest BCUT2D eigenvalue weighted by molar-refractivity contribution is 0.211. The van der Waals surface area contributed by atoms with Crippen molar-refractivity contribution in [1.82, 2.24) is 14.3 Å². The molecule has 0 radical (unpaired) electrons. The predicted octanol–water partition coefficient (Wildman–Crippen LogP) is 3.59. The van der Waals surface area contributed by atoms with Crippen LogP contribution in [0.2, 0.25) is 0 Å². The number of ether oxygens (including phenoxy) is 2. The number of hydrogen-bond acceptors (Lipinski definition) is 4. The monoisotopic (exact) mass is 401 g/mol. The summed E-state index contributed by atoms with van der Waals surface area (Å²) >= 11 is 0. The fraction of sp³-hybridized carbons (Fsp3) is 0.333. The molecule has 1 aliphatic rings. The number of benzene rings is 2. The standard InChI is InChI=1S/C21H21F2N3O3/c1-13(2)29-17-7-5-16(6-8-17)25-12-24-26(20(25)27)14(3)21(11-28-21)18-9-4-15(22)10-19(18)23/h4-10,12-14H,11H2,1-3H3/t14-,21+/m1/s1. The van der Waals surface area contributed by atoms with Crippen molar-refractivity contribution in [3.63, 3.8) is 0 Å². The molecule has 0 saturated carbocycles. The van der Waals surface area contributed by atoms with Gasteiger partial charge in [0.2, 0.25) is 0 Å². The molecule has 0 spiro atoms. The van der Waals surface area contributed by atoms with E-state index in [2.05, 4.69) is 5.10 Å². The zero-order valence-electron chi connectivity index (χ0n) is 16.3. The van der Waals surface area contributed by atoms with Gasteiger partial charge in [-0.3, -0.25) is 0 Å². The lowest BCUT2D eigenvalue weighted by Crippen LogP contribution is -2.33. The van der Waals surface area contributed by atoms with Gasteiger partial charge in [-0.15, -0.1) is 0 Å². The molecule has 2 aromatic carbocycles. The first kappa shape index (κ1) is 19.3. The van der Waals surface area contributed by atoms with Crippen LogP contribution in [0.5, 0.6) is 5.75 Å². The number of hydrogen-bond donors (Lipinski definition) is 0. The van der Waals surface area contributed by atoms with Gasteiger partial charge >= 0.3 is 5.69 Å². The van der Waals surface area contributed by atoms with Gasteiger partial charge in [-0.2, -0.15) is 5.10 Å². The fourth-order valence-electron chi connectivity index (χ4n) is 3.45. The van der Waals surface area contributed by atoms with Crippen LogP contribution in [-0.2, 0) is 10.3 Å². The van der Waals surface area contributed by atoms with Crippen molar-refractivity contribution in [2.24, 2.45) is 0 Å². The summed E-state index contributed by atoms with van der Waals surface area (Å²) < 4.78 is 41.4. The topological polar surface area (TPSA) is 61.6 Å². The average Bonchev–Trinajstić information content (AvgIpc) is 3.38. The van der Waals surface area contributed by atoms with Gasteiger partial charge in [-0.1, -0.05) is 6.07 Å². The van der Waals surface area contributed by atoms with Gasteiger partial charge < -0.3 is 9.47 Å². The summed E-state index contributed by atoms with van der Waals surface area (Å²) in [5, 5.41) is 4.20. The first-order valence-electron chi connectivity index (χ1n) is 9.34. The first-order chi connectivity index (χ1) is 13.8. The maximum Gasteiger partial charge on any atom is 0.350 e. The van der Waals surface area contributed by atoms with Crippen LogP contribution in [0, 0.1) is 11.6 Å². The zero-order chi connectivity index (χ0) is 20.8. The van der Waals surface area contributed by atoms with Gasteiger partial charge in [0.1, 0.15) is 29.3 Å². The first-order valence-corrected chi connectivity index (χ1v) is 9.34. The summed E-state index contributed by atoms with van der Waals surface area (Å²) in [5.74, 6) is -0.668. The summed E-state index contributed by atoms with van der Waals surface area (Å²) in [7, 11) is 0. The molecule has 0 aliphatic carbocycles. The SMILES string of the molecule is CC(C)Oc1ccc(-n2cnn([C@H](C)[C@]3(c4ccc(F)cc4F)CO3)c2=O)cc1. The van der Waals surface area contributed by atoms with E-state index in [9.17, 15) is 13.6 Å². The van der Waals surface area contributed by atoms with Gasteiger partial charge in [-0.25, -0.2) is 22.8 Å². The minimum absolute atomic E-state index is 0.0498. The van der Waals surface area contributed by atoms with Crippen molar-refractivity contribution in [3.05, 3.63) is 76.5 Å². The van der Waals surface area contributed by atoms with Crippen LogP contribution in [0.15, 0.2) is 53.6 Å². The minimum atomic E-state index is -1.05. The lowest BCUT2D eigenvalue weighted by atomic mass is 9.92. The summed E-state index contributed by atoms with van der Waals surface area (Å²) in [6.45, 7) is 5.82. The molecule has 1 aromatic heterocycles. The van der Waals surface area contributed by atoms with E-state index in [4.69, 9.17) is 9.47 Å². The van der Waals surface area contributed by atoms with Crippen molar-refractivity contribution < 1.29 is 18.3 Å². The Morgan fingerprint density at radius 3 is 2.41 bits per heavy atom. The van der Waals surface area contributed by atoms with Crippen molar-refractivity contribution >= 4 is 0 Å². The van der Waals surface area contributed by atoms with Gasteiger partial charge in [0.15, 0.2) is 0 Å². The molecule has 1 saturated heterocycles. The summed E-state index contributed by atoms with van der Waals surface area (Å²) in [6.07, 6.45) is 1.46. The Bertz CT molecular complexity index is 1090. The fourth-order valence-corrected chi connectivity index (χ4v) is 3.45. The zero-order valence-corrected chi connectivity index (χ0v) is 16.3. The Morgan fingerprint density at radius 2 is 1.83 bits per heavy atom. The van der Waals surface area contributed by atoms with Crippen LogP contribution in [0.25, 0.3) is 5.69 Å². The van der Waals surface area contributed by atoms with Gasteiger partial charge in [-0.05, 0) is 51.1 Å². The van der Waals surface area contributed by atoms with Gasteiger partial charge in [0.05, 0.1) is 24.4 Å². The predicted molar refractivity (Wildman–Crippen MR) is 102 cm³/mol. The highest BCUT2D eigenvalue weighted by Gasteiger charge is 2.54. The smallest absolute Gasteiger partial charge is 0.350 e. The van der Waals surface area contributed by atoms with Gasteiger partial charge in [0, 0.05) is 11.6 Å². The van der Waals surface area contributed by atoms with Crippen LogP contribution in [0.3, 0.4) is 0 Å². The van der Waals surface area contributed by atoms with Crippen LogP contribution < -0.4 is 10.4 Å². The summed E-state index contributed by atoms with van der Waals surface area (Å²) in [4.78, 5) is 12.9. The largest absolute Gasteiger partial charge is 0.491 e. The molecule has 2 heterocycles. The molecule has 4 rings (SSSR count). The molecular formula is C21H21F2N3O3. The van der Waals surface area contributed by atoms with Crippen molar-refractivity contribution in [2.45, 2.75) is 38.5 Å². The third-order valence-electron chi connectivity index (χ3n) is 5.06. The van der Waals surface area contributed by atoms with Gasteiger partial charge in [0.25, 0.3) is 0 Å². The number of rotatable bonds is 6. The molecule has 8 heteroatoms. The van der Waals surface area contributed by atoms with E-state index >= 15 is 0 Å². The third-order valence-corrected chi connectivity index (χ3v) is 5.06. The molecule has 3 aromatic rings. The Labute approximate surface area is 166 Å². The third kappa shape index (κ3) is 3.44. The molecular weight excluding hydrogens is 380 g/mol. The van der Waals surface area contributed by atoms with E-state index in [0.717, 1.165) is 6.07 Å². The van der Waals surface area contributed by atoms with E-state index in [1.54, 1.807) is 31.2 Å². The van der Waals surface area contributed by atoms with E-state index in [1.165, 1.54) is 27.7 Å². The quantitative estimate of drug-likeness (QED) is 0.593. The van der Waals surface area contributed by atoms with Crippen molar-refractivity contribution in [2.75, 3.05) is 6.61 Å². The Hall–Kier alpha value is -3.00. The second-order valence-electron chi connectivity index (χ2n) is 7.37. The number of halogens is 2. The van der Waals surface area contributed by atoms with Crippen molar-refractivity contribution in [3.8, 4) is 11.4 Å². The highest BCUT2D eigenvalue weighted by atomic mass is 19.1.